The van der Waals surface area contributed by atoms with Crippen molar-refractivity contribution >= 4 is 12.0 Å². The topological polar surface area (TPSA) is 73.1 Å². The molecule has 1 aliphatic rings. The molecule has 0 spiro atoms. The predicted molar refractivity (Wildman–Crippen MR) is 68.2 cm³/mol. The third kappa shape index (κ3) is 2.03. The van der Waals surface area contributed by atoms with E-state index in [2.05, 4.69) is 0 Å². The minimum atomic E-state index is -5.13. The number of hydrogen-bond acceptors (Lipinski definition) is 4. The van der Waals surface area contributed by atoms with Gasteiger partial charge in [0, 0.05) is 11.1 Å². The number of alkyl halides is 3. The summed E-state index contributed by atoms with van der Waals surface area (Å²) in [6.45, 7) is 1.95. The highest BCUT2D eigenvalue weighted by atomic mass is 19.4. The average molecular weight is 310 g/mol. The van der Waals surface area contributed by atoms with Crippen LogP contribution in [0.4, 0.5) is 13.2 Å². The van der Waals surface area contributed by atoms with Crippen LogP contribution in [0.25, 0.3) is 6.08 Å². The number of benzene rings is 1. The van der Waals surface area contributed by atoms with E-state index < -0.39 is 28.7 Å². The van der Waals surface area contributed by atoms with Gasteiger partial charge in [0.15, 0.2) is 0 Å². The van der Waals surface area contributed by atoms with E-state index in [1.807, 2.05) is 0 Å². The van der Waals surface area contributed by atoms with Gasteiger partial charge in [-0.05, 0) is 26.0 Å². The Morgan fingerprint density at radius 2 is 1.91 bits per heavy atom. The van der Waals surface area contributed by atoms with Crippen LogP contribution in [0.3, 0.4) is 0 Å². The zero-order valence-corrected chi connectivity index (χ0v) is 11.7. The summed E-state index contributed by atoms with van der Waals surface area (Å²) in [4.78, 5) is 11.3. The van der Waals surface area contributed by atoms with Crippen LogP contribution in [0.1, 0.15) is 19.4 Å². The first kappa shape index (κ1) is 15.9. The van der Waals surface area contributed by atoms with Gasteiger partial charge >= 0.3 is 6.18 Å². The molecule has 0 fully saturated rings. The van der Waals surface area contributed by atoms with E-state index in [-0.39, 0.29) is 11.3 Å². The molecular formula is C15H11F3NO3-. The number of aliphatic carboxylic acids is 1. The molecule has 1 unspecified atom stereocenters. The van der Waals surface area contributed by atoms with Crippen LogP contribution in [-0.2, 0) is 4.79 Å². The van der Waals surface area contributed by atoms with Crippen molar-refractivity contribution in [1.82, 2.24) is 0 Å². The molecular weight excluding hydrogens is 299 g/mol. The lowest BCUT2D eigenvalue weighted by molar-refractivity contribution is -0.311. The molecule has 1 aliphatic heterocycles. The minimum absolute atomic E-state index is 0.145. The summed E-state index contributed by atoms with van der Waals surface area (Å²) in [5, 5.41) is 20.5. The summed E-state index contributed by atoms with van der Waals surface area (Å²) in [7, 11) is 0. The molecule has 0 saturated heterocycles. The molecule has 116 valence electrons. The number of para-hydroxylation sites is 1. The van der Waals surface area contributed by atoms with Crippen molar-refractivity contribution in [3.8, 4) is 11.8 Å². The summed E-state index contributed by atoms with van der Waals surface area (Å²) < 4.78 is 46.4. The normalized spacial score (nSPS) is 21.2. The van der Waals surface area contributed by atoms with E-state index in [1.54, 1.807) is 0 Å². The second kappa shape index (κ2) is 4.77. The van der Waals surface area contributed by atoms with Crippen LogP contribution in [-0.4, -0.2) is 17.7 Å². The van der Waals surface area contributed by atoms with Crippen molar-refractivity contribution in [2.45, 2.75) is 25.6 Å². The number of carbonyl (C=O) groups excluding carboxylic acids is 1. The Morgan fingerprint density at radius 3 is 2.41 bits per heavy atom. The molecule has 1 aromatic rings. The van der Waals surface area contributed by atoms with Crippen molar-refractivity contribution in [2.24, 2.45) is 5.41 Å². The van der Waals surface area contributed by atoms with Crippen molar-refractivity contribution in [2.75, 3.05) is 0 Å². The number of halogens is 3. The summed E-state index contributed by atoms with van der Waals surface area (Å²) in [5.41, 5.74) is -6.45. The van der Waals surface area contributed by atoms with Gasteiger partial charge in [0.05, 0.1) is 12.0 Å². The number of rotatable bonds is 2. The molecule has 1 atom stereocenters. The molecule has 2 rings (SSSR count). The highest BCUT2D eigenvalue weighted by molar-refractivity contribution is 5.95. The van der Waals surface area contributed by atoms with E-state index in [4.69, 9.17) is 10.00 Å². The lowest BCUT2D eigenvalue weighted by atomic mass is 9.69. The Balaban J connectivity index is 2.85. The monoisotopic (exact) mass is 310 g/mol. The average Bonchev–Trinajstić information content (AvgIpc) is 2.44. The molecule has 22 heavy (non-hydrogen) atoms. The maximum Gasteiger partial charge on any atom is 0.434 e. The molecule has 7 heteroatoms. The van der Waals surface area contributed by atoms with Crippen molar-refractivity contribution in [3.63, 3.8) is 0 Å². The van der Waals surface area contributed by atoms with E-state index >= 15 is 0 Å². The molecule has 0 amide bonds. The molecule has 1 aromatic carbocycles. The van der Waals surface area contributed by atoms with Crippen LogP contribution < -0.4 is 9.84 Å². The van der Waals surface area contributed by atoms with Crippen molar-refractivity contribution in [3.05, 3.63) is 35.4 Å². The minimum Gasteiger partial charge on any atom is -0.545 e. The van der Waals surface area contributed by atoms with Gasteiger partial charge in [-0.3, -0.25) is 0 Å². The number of ether oxygens (including phenoxy) is 1. The van der Waals surface area contributed by atoms with Crippen molar-refractivity contribution in [1.29, 1.82) is 5.26 Å². The molecule has 0 bridgehead atoms. The summed E-state index contributed by atoms with van der Waals surface area (Å²) in [6.07, 6.45) is -4.29. The zero-order chi connectivity index (χ0) is 16.8. The van der Waals surface area contributed by atoms with E-state index in [0.717, 1.165) is 19.9 Å². The second-order valence-electron chi connectivity index (χ2n) is 5.40. The third-order valence-electron chi connectivity index (χ3n) is 3.64. The number of carboxylic acid groups (broad SMARTS) is 1. The van der Waals surface area contributed by atoms with Crippen molar-refractivity contribution < 1.29 is 27.8 Å². The van der Waals surface area contributed by atoms with Crippen LogP contribution in [0, 0.1) is 16.7 Å². The number of carboxylic acids is 1. The number of fused-ring (bicyclic) bond motifs is 1. The van der Waals surface area contributed by atoms with Gasteiger partial charge < -0.3 is 14.6 Å². The van der Waals surface area contributed by atoms with Gasteiger partial charge in [-0.15, -0.1) is 0 Å². The fraction of sp³-hybridized carbons (Fsp3) is 0.333. The highest BCUT2D eigenvalue weighted by Crippen LogP contribution is 2.53. The largest absolute Gasteiger partial charge is 0.545 e. The molecule has 0 radical (unpaired) electrons. The Morgan fingerprint density at radius 1 is 1.32 bits per heavy atom. The van der Waals surface area contributed by atoms with Crippen LogP contribution >= 0.6 is 0 Å². The fourth-order valence-electron chi connectivity index (χ4n) is 2.48. The molecule has 0 aromatic heterocycles. The summed E-state index contributed by atoms with van der Waals surface area (Å²) in [5.74, 6) is -2.18. The number of nitrogens with zero attached hydrogens (tertiary/aromatic N) is 1. The Bertz CT molecular complexity index is 701. The zero-order valence-electron chi connectivity index (χ0n) is 11.7. The number of carbonyl (C=O) groups is 1. The summed E-state index contributed by atoms with van der Waals surface area (Å²) >= 11 is 0. The van der Waals surface area contributed by atoms with Gasteiger partial charge in [-0.25, -0.2) is 0 Å². The molecule has 0 saturated carbocycles. The highest BCUT2D eigenvalue weighted by Gasteiger charge is 2.69. The summed E-state index contributed by atoms with van der Waals surface area (Å²) in [6, 6.07) is 7.18. The predicted octanol–water partition coefficient (Wildman–Crippen LogP) is 2.06. The Hall–Kier alpha value is -2.49. The molecule has 0 N–H and O–H groups in total. The van der Waals surface area contributed by atoms with Gasteiger partial charge in [-0.2, -0.15) is 18.4 Å². The maximum absolute atomic E-state index is 13.8. The standard InChI is InChI=1S/C15H12F3NO3/c1-13(2,8-19)14(15(16,17)18)10(12(20)21)7-9-5-3-4-6-11(9)22-14/h3-7H,1-2H3,(H,20,21)/p-1. The van der Waals surface area contributed by atoms with Crippen LogP contribution in [0.15, 0.2) is 29.8 Å². The SMILES string of the molecule is CC(C)(C#N)C1(C(F)(F)F)Oc2ccccc2C=C1C(=O)[O-]. The first-order valence-electron chi connectivity index (χ1n) is 6.26. The van der Waals surface area contributed by atoms with E-state index in [0.29, 0.717) is 0 Å². The van der Waals surface area contributed by atoms with Gasteiger partial charge in [0.1, 0.15) is 11.2 Å². The fourth-order valence-corrected chi connectivity index (χ4v) is 2.48. The lowest BCUT2D eigenvalue weighted by Gasteiger charge is -2.47. The maximum atomic E-state index is 13.8. The molecule has 4 nitrogen and oxygen atoms in total. The van der Waals surface area contributed by atoms with Crippen LogP contribution in [0.5, 0.6) is 5.75 Å². The van der Waals surface area contributed by atoms with Gasteiger partial charge in [0.2, 0.25) is 5.60 Å². The lowest BCUT2D eigenvalue weighted by Crippen LogP contribution is -2.64. The van der Waals surface area contributed by atoms with Gasteiger partial charge in [0.25, 0.3) is 0 Å². The number of hydrogen-bond donors (Lipinski definition) is 0. The second-order valence-corrected chi connectivity index (χ2v) is 5.40. The van der Waals surface area contributed by atoms with E-state index in [1.165, 1.54) is 30.3 Å². The van der Waals surface area contributed by atoms with E-state index in [9.17, 15) is 23.1 Å². The molecule has 0 aliphatic carbocycles. The third-order valence-corrected chi connectivity index (χ3v) is 3.64. The Labute approximate surface area is 124 Å². The Kier molecular flexibility index (Phi) is 3.44. The van der Waals surface area contributed by atoms with Crippen LogP contribution in [0.2, 0.25) is 0 Å². The van der Waals surface area contributed by atoms with Gasteiger partial charge in [-0.1, -0.05) is 18.2 Å². The number of nitriles is 1. The molecule has 1 heterocycles. The first-order valence-corrected chi connectivity index (χ1v) is 6.26. The quantitative estimate of drug-likeness (QED) is 0.838. The first-order chi connectivity index (χ1) is 10.1. The smallest absolute Gasteiger partial charge is 0.434 e.